The molecule has 0 saturated carbocycles. The minimum atomic E-state index is -3.61. The summed E-state index contributed by atoms with van der Waals surface area (Å²) in [4.78, 5) is 12.5. The Labute approximate surface area is 125 Å². The average Bonchev–Trinajstić information content (AvgIpc) is 2.41. The Kier molecular flexibility index (Phi) is 4.28. The molecule has 0 unspecified atom stereocenters. The molecular formula is C17H18O3S. The van der Waals surface area contributed by atoms with E-state index >= 15 is 0 Å². The predicted molar refractivity (Wildman–Crippen MR) is 83.5 cm³/mol. The zero-order chi connectivity index (χ0) is 15.6. The molecule has 0 saturated heterocycles. The molecule has 0 aromatic heterocycles. The van der Waals surface area contributed by atoms with Crippen molar-refractivity contribution < 1.29 is 13.2 Å². The number of ketones is 1. The monoisotopic (exact) mass is 302 g/mol. The van der Waals surface area contributed by atoms with Crippen molar-refractivity contribution in [2.24, 2.45) is 0 Å². The molecule has 0 radical (unpaired) electrons. The first kappa shape index (κ1) is 15.4. The molecule has 0 aliphatic rings. The second kappa shape index (κ2) is 5.82. The Morgan fingerprint density at radius 3 is 2.19 bits per heavy atom. The predicted octanol–water partition coefficient (Wildman–Crippen LogP) is 3.27. The third kappa shape index (κ3) is 3.39. The Balaban J connectivity index is 2.30. The van der Waals surface area contributed by atoms with Gasteiger partial charge < -0.3 is 0 Å². The van der Waals surface area contributed by atoms with Crippen LogP contribution in [0.2, 0.25) is 0 Å². The van der Waals surface area contributed by atoms with E-state index in [0.717, 1.165) is 11.1 Å². The number of carbonyl (C=O) groups excluding carboxylic acids is 1. The summed E-state index contributed by atoms with van der Waals surface area (Å²) >= 11 is 0. The summed E-state index contributed by atoms with van der Waals surface area (Å²) in [6.45, 7) is 5.59. The first-order valence-corrected chi connectivity index (χ1v) is 8.35. The third-order valence-corrected chi connectivity index (χ3v) is 5.35. The highest BCUT2D eigenvalue weighted by atomic mass is 32.2. The molecule has 2 aromatic rings. The fraction of sp³-hybridized carbons (Fsp3) is 0.235. The second-order valence-corrected chi connectivity index (χ2v) is 7.20. The molecule has 0 fully saturated rings. The van der Waals surface area contributed by atoms with Gasteiger partial charge in [-0.15, -0.1) is 0 Å². The number of aryl methyl sites for hydroxylation is 3. The number of benzene rings is 2. The molecule has 0 bridgehead atoms. The zero-order valence-corrected chi connectivity index (χ0v) is 13.2. The number of rotatable bonds is 4. The first-order chi connectivity index (χ1) is 9.81. The summed E-state index contributed by atoms with van der Waals surface area (Å²) in [5.74, 6) is -0.873. The van der Waals surface area contributed by atoms with Gasteiger partial charge in [-0.2, -0.15) is 0 Å². The average molecular weight is 302 g/mol. The maximum atomic E-state index is 12.4. The molecule has 0 heterocycles. The summed E-state index contributed by atoms with van der Waals surface area (Å²) in [6.07, 6.45) is 0. The van der Waals surface area contributed by atoms with Crippen molar-refractivity contribution in [3.63, 3.8) is 0 Å². The van der Waals surface area contributed by atoms with Crippen molar-refractivity contribution in [2.75, 3.05) is 5.75 Å². The van der Waals surface area contributed by atoms with Crippen LogP contribution in [-0.2, 0) is 9.84 Å². The molecule has 21 heavy (non-hydrogen) atoms. The van der Waals surface area contributed by atoms with Crippen LogP contribution in [-0.4, -0.2) is 20.0 Å². The van der Waals surface area contributed by atoms with Crippen LogP contribution in [0.15, 0.2) is 47.4 Å². The van der Waals surface area contributed by atoms with Gasteiger partial charge in [0.25, 0.3) is 0 Å². The normalized spacial score (nSPS) is 11.4. The molecule has 0 N–H and O–H groups in total. The summed E-state index contributed by atoms with van der Waals surface area (Å²) in [5.41, 5.74) is 3.16. The number of hydrogen-bond acceptors (Lipinski definition) is 3. The molecule has 2 rings (SSSR count). The highest BCUT2D eigenvalue weighted by molar-refractivity contribution is 7.92. The molecule has 110 valence electrons. The quantitative estimate of drug-likeness (QED) is 0.815. The van der Waals surface area contributed by atoms with E-state index in [1.165, 1.54) is 0 Å². The summed E-state index contributed by atoms with van der Waals surface area (Å²) in [7, 11) is -3.61. The van der Waals surface area contributed by atoms with Gasteiger partial charge in [0.15, 0.2) is 15.6 Å². The van der Waals surface area contributed by atoms with Gasteiger partial charge in [-0.3, -0.25) is 4.79 Å². The maximum absolute atomic E-state index is 12.4. The second-order valence-electron chi connectivity index (χ2n) is 5.25. The SMILES string of the molecule is Cc1ccc(C(=O)CS(=O)(=O)c2ccccc2C)cc1C. The van der Waals surface area contributed by atoms with Crippen molar-refractivity contribution in [2.45, 2.75) is 25.7 Å². The molecule has 0 atom stereocenters. The van der Waals surface area contributed by atoms with Crippen molar-refractivity contribution in [3.8, 4) is 0 Å². The van der Waals surface area contributed by atoms with Gasteiger partial charge in [-0.25, -0.2) is 8.42 Å². The molecule has 4 heteroatoms. The summed E-state index contributed by atoms with van der Waals surface area (Å²) in [5, 5.41) is 0. The van der Waals surface area contributed by atoms with Crippen molar-refractivity contribution in [3.05, 3.63) is 64.7 Å². The van der Waals surface area contributed by atoms with Crippen LogP contribution in [0.1, 0.15) is 27.0 Å². The van der Waals surface area contributed by atoms with Crippen LogP contribution >= 0.6 is 0 Å². The van der Waals surface area contributed by atoms with Crippen LogP contribution in [0.4, 0.5) is 0 Å². The van der Waals surface area contributed by atoms with E-state index in [1.807, 2.05) is 19.9 Å². The Hall–Kier alpha value is -1.94. The van der Waals surface area contributed by atoms with E-state index in [4.69, 9.17) is 0 Å². The minimum absolute atomic E-state index is 0.224. The largest absolute Gasteiger partial charge is 0.293 e. The number of hydrogen-bond donors (Lipinski definition) is 0. The van der Waals surface area contributed by atoms with Crippen molar-refractivity contribution in [1.29, 1.82) is 0 Å². The molecule has 3 nitrogen and oxygen atoms in total. The Morgan fingerprint density at radius 2 is 1.57 bits per heavy atom. The van der Waals surface area contributed by atoms with E-state index in [2.05, 4.69) is 0 Å². The van der Waals surface area contributed by atoms with Crippen LogP contribution in [0.5, 0.6) is 0 Å². The Bertz CT molecular complexity index is 789. The van der Waals surface area contributed by atoms with Crippen LogP contribution in [0.25, 0.3) is 0 Å². The van der Waals surface area contributed by atoms with Gasteiger partial charge in [-0.05, 0) is 49.6 Å². The zero-order valence-electron chi connectivity index (χ0n) is 12.4. The van der Waals surface area contributed by atoms with Gasteiger partial charge >= 0.3 is 0 Å². The van der Waals surface area contributed by atoms with E-state index in [-0.39, 0.29) is 10.7 Å². The smallest absolute Gasteiger partial charge is 0.186 e. The number of carbonyl (C=O) groups is 1. The fourth-order valence-corrected chi connectivity index (χ4v) is 3.67. The standard InChI is InChI=1S/C17H18O3S/c1-12-8-9-15(10-14(12)3)16(18)11-21(19,20)17-7-5-4-6-13(17)2/h4-10H,11H2,1-3H3. The lowest BCUT2D eigenvalue weighted by molar-refractivity contribution is 0.102. The topological polar surface area (TPSA) is 51.2 Å². The lowest BCUT2D eigenvalue weighted by Crippen LogP contribution is -2.17. The van der Waals surface area contributed by atoms with Crippen LogP contribution in [0, 0.1) is 20.8 Å². The lowest BCUT2D eigenvalue weighted by Gasteiger charge is -2.08. The van der Waals surface area contributed by atoms with E-state index < -0.39 is 15.6 Å². The number of sulfone groups is 1. The van der Waals surface area contributed by atoms with Crippen LogP contribution < -0.4 is 0 Å². The molecular weight excluding hydrogens is 284 g/mol. The van der Waals surface area contributed by atoms with Crippen LogP contribution in [0.3, 0.4) is 0 Å². The van der Waals surface area contributed by atoms with Gasteiger partial charge in [0.1, 0.15) is 5.75 Å². The number of Topliss-reactive ketones (excluding diaryl/α,β-unsaturated/α-hetero) is 1. The highest BCUT2D eigenvalue weighted by Gasteiger charge is 2.22. The Morgan fingerprint density at radius 1 is 0.905 bits per heavy atom. The van der Waals surface area contributed by atoms with E-state index in [9.17, 15) is 13.2 Å². The molecule has 2 aromatic carbocycles. The molecule has 0 aliphatic carbocycles. The highest BCUT2D eigenvalue weighted by Crippen LogP contribution is 2.18. The van der Waals surface area contributed by atoms with Gasteiger partial charge in [0.2, 0.25) is 0 Å². The maximum Gasteiger partial charge on any atom is 0.186 e. The van der Waals surface area contributed by atoms with E-state index in [1.54, 1.807) is 43.3 Å². The summed E-state index contributed by atoms with van der Waals surface area (Å²) < 4.78 is 24.7. The fourth-order valence-electron chi connectivity index (χ4n) is 2.15. The van der Waals surface area contributed by atoms with Gasteiger partial charge in [0, 0.05) is 5.56 Å². The molecule has 0 spiro atoms. The molecule has 0 aliphatic heterocycles. The van der Waals surface area contributed by atoms with E-state index in [0.29, 0.717) is 11.1 Å². The van der Waals surface area contributed by atoms with Gasteiger partial charge in [-0.1, -0.05) is 30.3 Å². The van der Waals surface area contributed by atoms with Crippen molar-refractivity contribution >= 4 is 15.6 Å². The van der Waals surface area contributed by atoms with Crippen molar-refractivity contribution in [1.82, 2.24) is 0 Å². The summed E-state index contributed by atoms with van der Waals surface area (Å²) in [6, 6.07) is 12.0. The first-order valence-electron chi connectivity index (χ1n) is 6.70. The molecule has 0 amide bonds. The minimum Gasteiger partial charge on any atom is -0.293 e. The third-order valence-electron chi connectivity index (χ3n) is 3.58. The lowest BCUT2D eigenvalue weighted by atomic mass is 10.0. The van der Waals surface area contributed by atoms with Gasteiger partial charge in [0.05, 0.1) is 4.90 Å².